The zero-order chi connectivity index (χ0) is 13.4. The summed E-state index contributed by atoms with van der Waals surface area (Å²) in [5.74, 6) is 1.03. The molecule has 19 heavy (non-hydrogen) atoms. The summed E-state index contributed by atoms with van der Waals surface area (Å²) in [6.07, 6.45) is 3.77. The molecule has 0 spiro atoms. The Balaban J connectivity index is 1.78. The third-order valence-electron chi connectivity index (χ3n) is 4.04. The lowest BCUT2D eigenvalue weighted by Gasteiger charge is -2.31. The second-order valence-corrected chi connectivity index (χ2v) is 6.10. The fraction of sp³-hybridized carbons (Fsp3) is 0.533. The van der Waals surface area contributed by atoms with E-state index in [0.29, 0.717) is 12.6 Å². The van der Waals surface area contributed by atoms with Crippen LogP contribution in [0.4, 0.5) is 0 Å². The van der Waals surface area contributed by atoms with Crippen molar-refractivity contribution in [2.24, 2.45) is 5.92 Å². The number of carbonyl (C=O) groups excluding carboxylic acids is 1. The minimum absolute atomic E-state index is 0.00137. The fourth-order valence-electron chi connectivity index (χ4n) is 2.89. The fourth-order valence-corrected chi connectivity index (χ4v) is 3.02. The van der Waals surface area contributed by atoms with E-state index in [1.54, 1.807) is 0 Å². The molecular weight excluding hydrogens is 260 g/mol. The summed E-state index contributed by atoms with van der Waals surface area (Å²) in [4.78, 5) is 14.1. The van der Waals surface area contributed by atoms with Crippen LogP contribution in [0.25, 0.3) is 0 Å². The molecule has 0 radical (unpaired) electrons. The van der Waals surface area contributed by atoms with Gasteiger partial charge in [0.25, 0.3) is 0 Å². The van der Waals surface area contributed by atoms with Gasteiger partial charge in [0.05, 0.1) is 6.54 Å². The smallest absolute Gasteiger partial charge is 0.238 e. The van der Waals surface area contributed by atoms with E-state index in [1.165, 1.54) is 12.8 Å². The molecule has 1 aromatic carbocycles. The van der Waals surface area contributed by atoms with Gasteiger partial charge in [0.15, 0.2) is 0 Å². The summed E-state index contributed by atoms with van der Waals surface area (Å²) in [5, 5.41) is 4.03. The predicted octanol–water partition coefficient (Wildman–Crippen LogP) is 2.96. The Morgan fingerprint density at radius 3 is 2.68 bits per heavy atom. The largest absolute Gasteiger partial charge is 0.319 e. The van der Waals surface area contributed by atoms with Gasteiger partial charge in [-0.15, -0.1) is 0 Å². The molecule has 102 valence electrons. The SMILES string of the molecule is CC(CC1CC1)N1C(=O)CNC1c1ccc(Cl)cc1. The summed E-state index contributed by atoms with van der Waals surface area (Å²) in [6, 6.07) is 8.05. The maximum absolute atomic E-state index is 12.1. The molecule has 1 heterocycles. The van der Waals surface area contributed by atoms with Crippen LogP contribution in [0.1, 0.15) is 37.9 Å². The molecule has 3 nitrogen and oxygen atoms in total. The van der Waals surface area contributed by atoms with Gasteiger partial charge in [-0.25, -0.2) is 0 Å². The highest BCUT2D eigenvalue weighted by molar-refractivity contribution is 6.30. The summed E-state index contributed by atoms with van der Waals surface area (Å²) in [6.45, 7) is 2.59. The zero-order valence-corrected chi connectivity index (χ0v) is 11.9. The molecule has 1 N–H and O–H groups in total. The molecule has 1 saturated carbocycles. The van der Waals surface area contributed by atoms with Crippen LogP contribution >= 0.6 is 11.6 Å². The van der Waals surface area contributed by atoms with Crippen molar-refractivity contribution < 1.29 is 4.79 Å². The molecule has 2 aliphatic rings. The van der Waals surface area contributed by atoms with Crippen LogP contribution in [0.3, 0.4) is 0 Å². The standard InChI is InChI=1S/C15H19ClN2O/c1-10(8-11-2-3-11)18-14(19)9-17-15(18)12-4-6-13(16)7-5-12/h4-7,10-11,15,17H,2-3,8-9H2,1H3. The first-order valence-corrected chi connectivity index (χ1v) is 7.33. The maximum Gasteiger partial charge on any atom is 0.238 e. The van der Waals surface area contributed by atoms with Crippen molar-refractivity contribution in [3.63, 3.8) is 0 Å². The first-order valence-electron chi connectivity index (χ1n) is 6.95. The van der Waals surface area contributed by atoms with Crippen molar-refractivity contribution in [2.45, 2.75) is 38.4 Å². The van der Waals surface area contributed by atoms with E-state index in [1.807, 2.05) is 29.2 Å². The maximum atomic E-state index is 12.1. The molecule has 2 fully saturated rings. The molecule has 1 aliphatic carbocycles. The van der Waals surface area contributed by atoms with Gasteiger partial charge in [-0.3, -0.25) is 10.1 Å². The predicted molar refractivity (Wildman–Crippen MR) is 75.8 cm³/mol. The zero-order valence-electron chi connectivity index (χ0n) is 11.1. The summed E-state index contributed by atoms with van der Waals surface area (Å²) in [7, 11) is 0. The van der Waals surface area contributed by atoms with E-state index in [0.717, 1.165) is 22.9 Å². The first-order chi connectivity index (χ1) is 9.15. The number of hydrogen-bond donors (Lipinski definition) is 1. The molecule has 0 aromatic heterocycles. The normalized spacial score (nSPS) is 24.8. The van der Waals surface area contributed by atoms with Crippen LogP contribution in [0.15, 0.2) is 24.3 Å². The van der Waals surface area contributed by atoms with Gasteiger partial charge in [-0.1, -0.05) is 36.6 Å². The Hall–Kier alpha value is -1.06. The number of rotatable bonds is 4. The molecule has 1 amide bonds. The van der Waals surface area contributed by atoms with Crippen LogP contribution in [-0.4, -0.2) is 23.4 Å². The Morgan fingerprint density at radius 1 is 1.37 bits per heavy atom. The lowest BCUT2D eigenvalue weighted by molar-refractivity contribution is -0.130. The molecule has 3 rings (SSSR count). The molecule has 1 aromatic rings. The minimum Gasteiger partial charge on any atom is -0.319 e. The molecule has 2 unspecified atom stereocenters. The quantitative estimate of drug-likeness (QED) is 0.918. The Labute approximate surface area is 118 Å². The van der Waals surface area contributed by atoms with Gasteiger partial charge in [0, 0.05) is 11.1 Å². The second kappa shape index (κ2) is 5.14. The number of nitrogens with one attached hydrogen (secondary N) is 1. The van der Waals surface area contributed by atoms with E-state index in [4.69, 9.17) is 11.6 Å². The lowest BCUT2D eigenvalue weighted by atomic mass is 10.1. The molecule has 1 aliphatic heterocycles. The summed E-state index contributed by atoms with van der Waals surface area (Å²) >= 11 is 5.92. The molecule has 4 heteroatoms. The minimum atomic E-state index is -0.00137. The van der Waals surface area contributed by atoms with E-state index in [9.17, 15) is 4.79 Å². The van der Waals surface area contributed by atoms with Crippen molar-refractivity contribution in [1.82, 2.24) is 10.2 Å². The van der Waals surface area contributed by atoms with E-state index in [-0.39, 0.29) is 12.1 Å². The average molecular weight is 279 g/mol. The highest BCUT2D eigenvalue weighted by Crippen LogP contribution is 2.36. The van der Waals surface area contributed by atoms with Crippen LogP contribution in [0.2, 0.25) is 5.02 Å². The summed E-state index contributed by atoms with van der Waals surface area (Å²) in [5.41, 5.74) is 1.11. The topological polar surface area (TPSA) is 32.3 Å². The monoisotopic (exact) mass is 278 g/mol. The van der Waals surface area contributed by atoms with Crippen LogP contribution in [-0.2, 0) is 4.79 Å². The van der Waals surface area contributed by atoms with Crippen molar-refractivity contribution in [2.75, 3.05) is 6.54 Å². The van der Waals surface area contributed by atoms with Gasteiger partial charge < -0.3 is 4.90 Å². The van der Waals surface area contributed by atoms with Gasteiger partial charge in [0.2, 0.25) is 5.91 Å². The Bertz CT molecular complexity index is 470. The number of benzene rings is 1. The highest BCUT2D eigenvalue weighted by atomic mass is 35.5. The Kier molecular flexibility index (Phi) is 3.50. The number of nitrogens with zero attached hydrogens (tertiary/aromatic N) is 1. The summed E-state index contributed by atoms with van der Waals surface area (Å²) < 4.78 is 0. The number of hydrogen-bond acceptors (Lipinski definition) is 2. The van der Waals surface area contributed by atoms with Crippen LogP contribution in [0.5, 0.6) is 0 Å². The number of amides is 1. The number of halogens is 1. The van der Waals surface area contributed by atoms with Crippen LogP contribution < -0.4 is 5.32 Å². The average Bonchev–Trinajstić information content (AvgIpc) is 3.11. The first kappa shape index (κ1) is 12.9. The third kappa shape index (κ3) is 2.77. The van der Waals surface area contributed by atoms with Crippen molar-refractivity contribution in [3.8, 4) is 0 Å². The van der Waals surface area contributed by atoms with E-state index in [2.05, 4.69) is 12.2 Å². The van der Waals surface area contributed by atoms with Crippen LogP contribution in [0, 0.1) is 5.92 Å². The van der Waals surface area contributed by atoms with Crippen molar-refractivity contribution >= 4 is 17.5 Å². The van der Waals surface area contributed by atoms with Crippen molar-refractivity contribution in [3.05, 3.63) is 34.9 Å². The van der Waals surface area contributed by atoms with Gasteiger partial charge in [0.1, 0.15) is 6.17 Å². The molecule has 0 bridgehead atoms. The number of carbonyl (C=O) groups is 1. The van der Waals surface area contributed by atoms with Gasteiger partial charge in [-0.2, -0.15) is 0 Å². The molecule has 1 saturated heterocycles. The molecular formula is C15H19ClN2O. The van der Waals surface area contributed by atoms with Gasteiger partial charge in [-0.05, 0) is 37.0 Å². The van der Waals surface area contributed by atoms with Gasteiger partial charge >= 0.3 is 0 Å². The highest BCUT2D eigenvalue weighted by Gasteiger charge is 2.37. The van der Waals surface area contributed by atoms with Crippen molar-refractivity contribution in [1.29, 1.82) is 0 Å². The third-order valence-corrected chi connectivity index (χ3v) is 4.30. The van der Waals surface area contributed by atoms with E-state index >= 15 is 0 Å². The molecule has 2 atom stereocenters. The van der Waals surface area contributed by atoms with E-state index < -0.39 is 0 Å². The second-order valence-electron chi connectivity index (χ2n) is 5.66. The Morgan fingerprint density at radius 2 is 2.05 bits per heavy atom. The lowest BCUT2D eigenvalue weighted by Crippen LogP contribution is -2.38.